The Morgan fingerprint density at radius 1 is 0.938 bits per heavy atom. The fourth-order valence-corrected chi connectivity index (χ4v) is 3.90. The molecule has 0 saturated heterocycles. The molecule has 0 unspecified atom stereocenters. The van der Waals surface area contributed by atoms with Gasteiger partial charge in [0.1, 0.15) is 0 Å². The van der Waals surface area contributed by atoms with Crippen molar-refractivity contribution in [3.05, 3.63) is 94.5 Å². The van der Waals surface area contributed by atoms with Gasteiger partial charge in [0.2, 0.25) is 5.91 Å². The molecule has 6 heteroatoms. The summed E-state index contributed by atoms with van der Waals surface area (Å²) in [6, 6.07) is 20.4. The number of amides is 3. The second-order valence-corrected chi connectivity index (χ2v) is 7.98. The Balaban J connectivity index is 1.40. The molecular formula is C26H25N3O3. The third-order valence-electron chi connectivity index (χ3n) is 5.47. The van der Waals surface area contributed by atoms with Crippen LogP contribution in [-0.2, 0) is 17.8 Å². The van der Waals surface area contributed by atoms with Crippen LogP contribution in [0.25, 0.3) is 0 Å². The summed E-state index contributed by atoms with van der Waals surface area (Å²) in [5.74, 6) is -0.328. The highest BCUT2D eigenvalue weighted by Crippen LogP contribution is 2.30. The van der Waals surface area contributed by atoms with Gasteiger partial charge in [0, 0.05) is 42.5 Å². The molecule has 3 amide bonds. The lowest BCUT2D eigenvalue weighted by Gasteiger charge is -2.18. The van der Waals surface area contributed by atoms with Crippen LogP contribution in [0, 0.1) is 6.92 Å². The van der Waals surface area contributed by atoms with E-state index in [0.29, 0.717) is 29.9 Å². The number of rotatable bonds is 5. The summed E-state index contributed by atoms with van der Waals surface area (Å²) < 4.78 is 0. The number of carbonyl (C=O) groups excluding carboxylic acids is 3. The maximum absolute atomic E-state index is 12.9. The van der Waals surface area contributed by atoms with Crippen molar-refractivity contribution in [2.45, 2.75) is 26.8 Å². The Bertz CT molecular complexity index is 1190. The molecule has 0 radical (unpaired) electrons. The van der Waals surface area contributed by atoms with Crippen molar-refractivity contribution in [3.63, 3.8) is 0 Å². The highest BCUT2D eigenvalue weighted by atomic mass is 16.2. The first kappa shape index (κ1) is 21.3. The zero-order valence-electron chi connectivity index (χ0n) is 18.1. The molecular weight excluding hydrogens is 402 g/mol. The van der Waals surface area contributed by atoms with Crippen molar-refractivity contribution in [3.8, 4) is 0 Å². The average Bonchev–Trinajstić information content (AvgIpc) is 3.20. The van der Waals surface area contributed by atoms with E-state index in [2.05, 4.69) is 16.7 Å². The van der Waals surface area contributed by atoms with Crippen LogP contribution in [-0.4, -0.2) is 24.3 Å². The minimum Gasteiger partial charge on any atom is -0.348 e. The Hall–Kier alpha value is -3.93. The van der Waals surface area contributed by atoms with Gasteiger partial charge in [-0.25, -0.2) is 0 Å². The summed E-state index contributed by atoms with van der Waals surface area (Å²) in [5, 5.41) is 5.60. The molecule has 0 atom stereocenters. The number of aryl methyl sites for hydroxylation is 1. The van der Waals surface area contributed by atoms with Crippen molar-refractivity contribution in [1.82, 2.24) is 5.32 Å². The maximum Gasteiger partial charge on any atom is 0.258 e. The van der Waals surface area contributed by atoms with E-state index < -0.39 is 0 Å². The highest BCUT2D eigenvalue weighted by molar-refractivity contribution is 6.07. The molecule has 0 bridgehead atoms. The van der Waals surface area contributed by atoms with Gasteiger partial charge in [-0.2, -0.15) is 0 Å². The summed E-state index contributed by atoms with van der Waals surface area (Å²) in [5.41, 5.74) is 5.95. The quantitative estimate of drug-likeness (QED) is 0.644. The Labute approximate surface area is 187 Å². The van der Waals surface area contributed by atoms with E-state index in [1.165, 1.54) is 6.92 Å². The van der Waals surface area contributed by atoms with Gasteiger partial charge in [-0.3, -0.25) is 14.4 Å². The molecule has 0 spiro atoms. The first-order chi connectivity index (χ1) is 15.4. The number of anilines is 2. The summed E-state index contributed by atoms with van der Waals surface area (Å²) in [6.07, 6.45) is 0.791. The molecule has 0 aromatic heterocycles. The highest BCUT2D eigenvalue weighted by Gasteiger charge is 2.25. The van der Waals surface area contributed by atoms with E-state index in [0.717, 1.165) is 28.8 Å². The van der Waals surface area contributed by atoms with Crippen molar-refractivity contribution < 1.29 is 14.4 Å². The zero-order valence-corrected chi connectivity index (χ0v) is 18.1. The van der Waals surface area contributed by atoms with Crippen LogP contribution in [0.4, 0.5) is 11.4 Å². The van der Waals surface area contributed by atoms with Gasteiger partial charge in [0.05, 0.1) is 0 Å². The number of fused-ring (bicyclic) bond motifs is 1. The van der Waals surface area contributed by atoms with E-state index in [-0.39, 0.29) is 17.7 Å². The zero-order chi connectivity index (χ0) is 22.7. The number of benzene rings is 3. The van der Waals surface area contributed by atoms with E-state index in [9.17, 15) is 14.4 Å². The topological polar surface area (TPSA) is 78.5 Å². The van der Waals surface area contributed by atoms with Gasteiger partial charge in [0.25, 0.3) is 11.8 Å². The van der Waals surface area contributed by atoms with Crippen molar-refractivity contribution in [2.24, 2.45) is 0 Å². The number of carbonyl (C=O) groups is 3. The fraction of sp³-hybridized carbons (Fsp3) is 0.192. The van der Waals surface area contributed by atoms with Gasteiger partial charge in [-0.1, -0.05) is 29.8 Å². The number of nitrogens with zero attached hydrogens (tertiary/aromatic N) is 1. The van der Waals surface area contributed by atoms with Crippen molar-refractivity contribution in [1.29, 1.82) is 0 Å². The van der Waals surface area contributed by atoms with Crippen molar-refractivity contribution >= 4 is 29.1 Å². The average molecular weight is 428 g/mol. The molecule has 0 fully saturated rings. The van der Waals surface area contributed by atoms with E-state index in [4.69, 9.17) is 0 Å². The number of hydrogen-bond donors (Lipinski definition) is 2. The molecule has 3 aromatic rings. The minimum absolute atomic E-state index is 0.0104. The van der Waals surface area contributed by atoms with E-state index >= 15 is 0 Å². The number of nitrogens with one attached hydrogen (secondary N) is 2. The summed E-state index contributed by atoms with van der Waals surface area (Å²) in [4.78, 5) is 38.3. The summed E-state index contributed by atoms with van der Waals surface area (Å²) in [7, 11) is 0. The molecule has 6 nitrogen and oxygen atoms in total. The van der Waals surface area contributed by atoms with Gasteiger partial charge in [-0.15, -0.1) is 0 Å². The SMILES string of the molecule is CC(=O)Nc1ccc(C(=O)NCc2ccc3c(c2)CCN3C(=O)c2cccc(C)c2)cc1. The van der Waals surface area contributed by atoms with E-state index in [1.54, 1.807) is 24.3 Å². The van der Waals surface area contributed by atoms with Crippen LogP contribution >= 0.6 is 0 Å². The maximum atomic E-state index is 12.9. The smallest absolute Gasteiger partial charge is 0.258 e. The van der Waals surface area contributed by atoms with Crippen LogP contribution in [0.1, 0.15) is 44.3 Å². The Morgan fingerprint density at radius 2 is 1.72 bits per heavy atom. The van der Waals surface area contributed by atoms with Crippen LogP contribution in [0.5, 0.6) is 0 Å². The third-order valence-corrected chi connectivity index (χ3v) is 5.47. The first-order valence-corrected chi connectivity index (χ1v) is 10.6. The molecule has 3 aromatic carbocycles. The van der Waals surface area contributed by atoms with Crippen molar-refractivity contribution in [2.75, 3.05) is 16.8 Å². The first-order valence-electron chi connectivity index (χ1n) is 10.6. The molecule has 1 aliphatic heterocycles. The van der Waals surface area contributed by atoms with Crippen LogP contribution in [0.2, 0.25) is 0 Å². The molecule has 32 heavy (non-hydrogen) atoms. The Morgan fingerprint density at radius 3 is 2.44 bits per heavy atom. The van der Waals surface area contributed by atoms with Crippen LogP contribution in [0.3, 0.4) is 0 Å². The predicted molar refractivity (Wildman–Crippen MR) is 125 cm³/mol. The van der Waals surface area contributed by atoms with Gasteiger partial charge < -0.3 is 15.5 Å². The lowest BCUT2D eigenvalue weighted by Crippen LogP contribution is -2.28. The van der Waals surface area contributed by atoms with Crippen LogP contribution < -0.4 is 15.5 Å². The molecule has 0 saturated carbocycles. The fourth-order valence-electron chi connectivity index (χ4n) is 3.90. The lowest BCUT2D eigenvalue weighted by atomic mass is 10.1. The molecule has 2 N–H and O–H groups in total. The monoisotopic (exact) mass is 427 g/mol. The molecule has 1 heterocycles. The summed E-state index contributed by atoms with van der Waals surface area (Å²) >= 11 is 0. The minimum atomic E-state index is -0.184. The van der Waals surface area contributed by atoms with E-state index in [1.807, 2.05) is 48.2 Å². The normalized spacial score (nSPS) is 12.2. The molecule has 1 aliphatic rings. The van der Waals surface area contributed by atoms with Crippen LogP contribution in [0.15, 0.2) is 66.7 Å². The number of hydrogen-bond acceptors (Lipinski definition) is 3. The van der Waals surface area contributed by atoms with Gasteiger partial charge in [-0.05, 0) is 66.9 Å². The molecule has 162 valence electrons. The summed E-state index contributed by atoms with van der Waals surface area (Å²) in [6.45, 7) is 4.46. The largest absolute Gasteiger partial charge is 0.348 e. The predicted octanol–water partition coefficient (Wildman–Crippen LogP) is 4.09. The molecule has 4 rings (SSSR count). The Kier molecular flexibility index (Phi) is 6.03. The second-order valence-electron chi connectivity index (χ2n) is 7.98. The molecule has 0 aliphatic carbocycles. The third kappa shape index (κ3) is 4.70. The van der Waals surface area contributed by atoms with Gasteiger partial charge >= 0.3 is 0 Å². The lowest BCUT2D eigenvalue weighted by molar-refractivity contribution is -0.114. The second kappa shape index (κ2) is 9.06. The van der Waals surface area contributed by atoms with Gasteiger partial charge in [0.15, 0.2) is 0 Å². The standard InChI is InChI=1S/C26H25N3O3/c1-17-4-3-5-22(14-17)26(32)29-13-12-21-15-19(6-11-24(21)29)16-27-25(31)20-7-9-23(10-8-20)28-18(2)30/h3-11,14-15H,12-13,16H2,1-2H3,(H,27,31)(H,28,30).